The number of aliphatic carboxylic acids is 1. The second-order valence-electron chi connectivity index (χ2n) is 4.78. The molecule has 0 amide bonds. The first-order valence-electron chi connectivity index (χ1n) is 6.29. The van der Waals surface area contributed by atoms with E-state index < -0.39 is 36.0 Å². The summed E-state index contributed by atoms with van der Waals surface area (Å²) in [6.45, 7) is 5.09. The van der Waals surface area contributed by atoms with Crippen molar-refractivity contribution in [2.45, 2.75) is 20.0 Å². The zero-order valence-corrected chi connectivity index (χ0v) is 12.0. The Bertz CT molecular complexity index is 605. The third-order valence-corrected chi connectivity index (χ3v) is 3.11. The van der Waals surface area contributed by atoms with Crippen LogP contribution < -0.4 is 4.74 Å². The number of ether oxygens (including phenoxy) is 1. The van der Waals surface area contributed by atoms with E-state index in [-0.39, 0.29) is 11.3 Å². The molecular weight excluding hydrogens is 301 g/mol. The number of carbonyl (C=O) groups excluding carboxylic acids is 1. The van der Waals surface area contributed by atoms with Crippen molar-refractivity contribution in [3.63, 3.8) is 0 Å². The monoisotopic (exact) mass is 316 g/mol. The number of aryl methyl sites for hydroxylation is 1. The van der Waals surface area contributed by atoms with E-state index in [2.05, 4.69) is 6.58 Å². The highest BCUT2D eigenvalue weighted by Gasteiger charge is 2.40. The number of carbonyl (C=O) groups is 2. The number of rotatable bonds is 6. The fourth-order valence-corrected chi connectivity index (χ4v) is 1.69. The van der Waals surface area contributed by atoms with Crippen molar-refractivity contribution < 1.29 is 32.6 Å². The van der Waals surface area contributed by atoms with Crippen LogP contribution >= 0.6 is 0 Å². The lowest BCUT2D eigenvalue weighted by molar-refractivity contribution is -0.158. The van der Waals surface area contributed by atoms with Gasteiger partial charge in [0.15, 0.2) is 12.4 Å². The van der Waals surface area contributed by atoms with Crippen LogP contribution in [0.3, 0.4) is 0 Å². The molecule has 0 bridgehead atoms. The molecule has 1 aromatic rings. The van der Waals surface area contributed by atoms with E-state index in [0.29, 0.717) is 5.56 Å². The molecular formula is C15H15F3O4. The fraction of sp³-hybridized carbons (Fsp3) is 0.333. The van der Waals surface area contributed by atoms with Crippen LogP contribution in [-0.4, -0.2) is 29.6 Å². The molecule has 1 unspecified atom stereocenters. The Kier molecular flexibility index (Phi) is 5.35. The van der Waals surface area contributed by atoms with Crippen molar-refractivity contribution in [1.82, 2.24) is 0 Å². The molecule has 0 heterocycles. The van der Waals surface area contributed by atoms with Gasteiger partial charge < -0.3 is 9.84 Å². The molecule has 1 aromatic carbocycles. The van der Waals surface area contributed by atoms with Crippen LogP contribution in [0.1, 0.15) is 22.8 Å². The predicted molar refractivity (Wildman–Crippen MR) is 73.0 cm³/mol. The summed E-state index contributed by atoms with van der Waals surface area (Å²) < 4.78 is 42.8. The van der Waals surface area contributed by atoms with Crippen LogP contribution in [0.25, 0.3) is 0 Å². The normalized spacial score (nSPS) is 12.6. The molecule has 1 N–H and O–H groups in total. The third kappa shape index (κ3) is 4.34. The van der Waals surface area contributed by atoms with Crippen molar-refractivity contribution in [2.75, 3.05) is 6.61 Å². The first kappa shape index (κ1) is 17.7. The van der Waals surface area contributed by atoms with Gasteiger partial charge in [-0.25, -0.2) is 4.79 Å². The molecule has 0 fully saturated rings. The number of carboxylic acids is 1. The summed E-state index contributed by atoms with van der Waals surface area (Å²) in [5.41, 5.74) is -0.0954. The van der Waals surface area contributed by atoms with Crippen LogP contribution in [-0.2, 0) is 4.79 Å². The average Bonchev–Trinajstić information content (AvgIpc) is 2.41. The van der Waals surface area contributed by atoms with Gasteiger partial charge in [0.1, 0.15) is 5.75 Å². The average molecular weight is 316 g/mol. The van der Waals surface area contributed by atoms with Crippen LogP contribution in [0.15, 0.2) is 30.4 Å². The van der Waals surface area contributed by atoms with Gasteiger partial charge in [-0.3, -0.25) is 4.79 Å². The standard InChI is InChI=1S/C15H15F3O4/c1-8-6-11(22-7-13(19)20)4-5-12(8)14(21)9(2)10(3)15(16,17)18/h4-6,10H,2,7H2,1,3H3,(H,19,20). The van der Waals surface area contributed by atoms with Crippen LogP contribution in [0.5, 0.6) is 5.75 Å². The van der Waals surface area contributed by atoms with Gasteiger partial charge in [0, 0.05) is 11.1 Å². The van der Waals surface area contributed by atoms with Crippen LogP contribution in [0, 0.1) is 12.8 Å². The van der Waals surface area contributed by atoms with E-state index in [4.69, 9.17) is 9.84 Å². The quantitative estimate of drug-likeness (QED) is 0.645. The summed E-state index contributed by atoms with van der Waals surface area (Å²) in [5.74, 6) is -3.69. The lowest BCUT2D eigenvalue weighted by Gasteiger charge is -2.18. The molecule has 0 aliphatic rings. The maximum atomic E-state index is 12.6. The number of allylic oxidation sites excluding steroid dienone is 1. The number of Topliss-reactive ketones (excluding diaryl/α,β-unsaturated/α-hetero) is 1. The minimum absolute atomic E-state index is 0.0729. The molecule has 4 nitrogen and oxygen atoms in total. The Morgan fingerprint density at radius 2 is 1.95 bits per heavy atom. The third-order valence-electron chi connectivity index (χ3n) is 3.11. The highest BCUT2D eigenvalue weighted by molar-refractivity contribution is 6.09. The van der Waals surface area contributed by atoms with Crippen LogP contribution in [0.4, 0.5) is 13.2 Å². The SMILES string of the molecule is C=C(C(=O)c1ccc(OCC(=O)O)cc1C)C(C)C(F)(F)F. The lowest BCUT2D eigenvalue weighted by atomic mass is 9.92. The van der Waals surface area contributed by atoms with Crippen molar-refractivity contribution in [1.29, 1.82) is 0 Å². The molecule has 7 heteroatoms. The Morgan fingerprint density at radius 1 is 1.36 bits per heavy atom. The summed E-state index contributed by atoms with van der Waals surface area (Å²) in [4.78, 5) is 22.5. The lowest BCUT2D eigenvalue weighted by Crippen LogP contribution is -2.25. The van der Waals surface area contributed by atoms with Gasteiger partial charge in [-0.15, -0.1) is 0 Å². The van der Waals surface area contributed by atoms with Crippen molar-refractivity contribution in [2.24, 2.45) is 5.92 Å². The molecule has 22 heavy (non-hydrogen) atoms. The molecule has 0 saturated carbocycles. The van der Waals surface area contributed by atoms with E-state index in [1.54, 1.807) is 0 Å². The highest BCUT2D eigenvalue weighted by atomic mass is 19.4. The summed E-state index contributed by atoms with van der Waals surface area (Å²) in [7, 11) is 0. The van der Waals surface area contributed by atoms with E-state index >= 15 is 0 Å². The summed E-state index contributed by atoms with van der Waals surface area (Å²) in [6.07, 6.45) is -4.54. The number of hydrogen-bond donors (Lipinski definition) is 1. The first-order valence-corrected chi connectivity index (χ1v) is 6.29. The highest BCUT2D eigenvalue weighted by Crippen LogP contribution is 2.33. The zero-order valence-electron chi connectivity index (χ0n) is 12.0. The molecule has 0 aliphatic carbocycles. The van der Waals surface area contributed by atoms with Gasteiger partial charge in [-0.2, -0.15) is 13.2 Å². The van der Waals surface area contributed by atoms with Crippen LogP contribution in [0.2, 0.25) is 0 Å². The molecule has 0 aromatic heterocycles. The summed E-state index contributed by atoms with van der Waals surface area (Å²) >= 11 is 0. The molecule has 1 rings (SSSR count). The number of carboxylic acid groups (broad SMARTS) is 1. The van der Waals surface area contributed by atoms with Gasteiger partial charge in [-0.05, 0) is 37.6 Å². The molecule has 0 spiro atoms. The summed E-state index contributed by atoms with van der Waals surface area (Å²) in [6, 6.07) is 4.01. The van der Waals surface area contributed by atoms with Gasteiger partial charge in [0.2, 0.25) is 0 Å². The Morgan fingerprint density at radius 3 is 2.41 bits per heavy atom. The first-order chi connectivity index (χ1) is 10.0. The predicted octanol–water partition coefficient (Wildman–Crippen LogP) is 3.40. The van der Waals surface area contributed by atoms with E-state index in [1.807, 2.05) is 0 Å². The topological polar surface area (TPSA) is 63.6 Å². The van der Waals surface area contributed by atoms with Gasteiger partial charge >= 0.3 is 12.1 Å². The molecule has 0 aliphatic heterocycles. The minimum atomic E-state index is -4.54. The van der Waals surface area contributed by atoms with Crippen molar-refractivity contribution >= 4 is 11.8 Å². The maximum absolute atomic E-state index is 12.6. The number of alkyl halides is 3. The molecule has 0 saturated heterocycles. The second kappa shape index (κ2) is 6.64. The number of hydrogen-bond acceptors (Lipinski definition) is 3. The minimum Gasteiger partial charge on any atom is -0.482 e. The van der Waals surface area contributed by atoms with Gasteiger partial charge in [0.05, 0.1) is 5.92 Å². The molecule has 0 radical (unpaired) electrons. The van der Waals surface area contributed by atoms with Gasteiger partial charge in [0.25, 0.3) is 0 Å². The number of ketones is 1. The van der Waals surface area contributed by atoms with E-state index in [9.17, 15) is 22.8 Å². The number of benzene rings is 1. The Hall–Kier alpha value is -2.31. The molecule has 1 atom stereocenters. The van der Waals surface area contributed by atoms with Gasteiger partial charge in [-0.1, -0.05) is 6.58 Å². The Labute approximate surface area is 125 Å². The maximum Gasteiger partial charge on any atom is 0.395 e. The smallest absolute Gasteiger partial charge is 0.395 e. The fourth-order valence-electron chi connectivity index (χ4n) is 1.69. The van der Waals surface area contributed by atoms with E-state index in [1.165, 1.54) is 25.1 Å². The van der Waals surface area contributed by atoms with Crippen molar-refractivity contribution in [3.8, 4) is 5.75 Å². The number of halogens is 3. The van der Waals surface area contributed by atoms with Crippen molar-refractivity contribution in [3.05, 3.63) is 41.5 Å². The molecule has 120 valence electrons. The Balaban J connectivity index is 2.95. The second-order valence-corrected chi connectivity index (χ2v) is 4.78. The summed E-state index contributed by atoms with van der Waals surface area (Å²) in [5, 5.41) is 8.50. The van der Waals surface area contributed by atoms with E-state index in [0.717, 1.165) is 6.92 Å². The largest absolute Gasteiger partial charge is 0.482 e. The zero-order chi connectivity index (χ0) is 17.1.